The van der Waals surface area contributed by atoms with E-state index in [0.29, 0.717) is 17.3 Å². The van der Waals surface area contributed by atoms with Crippen LogP contribution >= 0.6 is 0 Å². The third kappa shape index (κ3) is 2.64. The Bertz CT molecular complexity index is 809. The van der Waals surface area contributed by atoms with Crippen molar-refractivity contribution in [3.63, 3.8) is 0 Å². The first-order valence-corrected chi connectivity index (χ1v) is 7.26. The minimum absolute atomic E-state index is 0.300. The maximum absolute atomic E-state index is 13.5. The molecule has 0 saturated carbocycles. The molecule has 0 aliphatic carbocycles. The monoisotopic (exact) mass is 299 g/mol. The lowest BCUT2D eigenvalue weighted by Crippen LogP contribution is -2.09. The SMILES string of the molecule is Cc1nn(-c2cccc(F)c2)c2ncnc(NCC(C)C)c12. The maximum atomic E-state index is 13.5. The number of nitrogens with one attached hydrogen (secondary N) is 1. The van der Waals surface area contributed by atoms with Gasteiger partial charge in [-0.15, -0.1) is 0 Å². The van der Waals surface area contributed by atoms with Gasteiger partial charge in [0.1, 0.15) is 18.0 Å². The summed E-state index contributed by atoms with van der Waals surface area (Å²) in [7, 11) is 0. The van der Waals surface area contributed by atoms with Crippen molar-refractivity contribution >= 4 is 16.9 Å². The average Bonchev–Trinajstić information content (AvgIpc) is 2.83. The van der Waals surface area contributed by atoms with Gasteiger partial charge in [0.15, 0.2) is 5.65 Å². The summed E-state index contributed by atoms with van der Waals surface area (Å²) in [5, 5.41) is 8.69. The van der Waals surface area contributed by atoms with Gasteiger partial charge in [0.05, 0.1) is 16.8 Å². The summed E-state index contributed by atoms with van der Waals surface area (Å²) in [5.74, 6) is 0.966. The molecule has 2 aromatic heterocycles. The van der Waals surface area contributed by atoms with Crippen molar-refractivity contribution in [2.45, 2.75) is 20.8 Å². The van der Waals surface area contributed by atoms with Crippen LogP contribution in [0, 0.1) is 18.7 Å². The highest BCUT2D eigenvalue weighted by atomic mass is 19.1. The van der Waals surface area contributed by atoms with Gasteiger partial charge in [0.25, 0.3) is 0 Å². The second-order valence-electron chi connectivity index (χ2n) is 5.67. The van der Waals surface area contributed by atoms with E-state index in [1.165, 1.54) is 18.5 Å². The molecule has 0 radical (unpaired) electrons. The molecule has 0 saturated heterocycles. The number of hydrogen-bond donors (Lipinski definition) is 1. The minimum Gasteiger partial charge on any atom is -0.369 e. The molecule has 3 rings (SSSR count). The number of aromatic nitrogens is 4. The zero-order valence-electron chi connectivity index (χ0n) is 12.8. The predicted molar refractivity (Wildman–Crippen MR) is 84.7 cm³/mol. The summed E-state index contributed by atoms with van der Waals surface area (Å²) in [6.07, 6.45) is 1.50. The molecule has 2 heterocycles. The average molecular weight is 299 g/mol. The second-order valence-corrected chi connectivity index (χ2v) is 5.67. The number of rotatable bonds is 4. The van der Waals surface area contributed by atoms with Crippen molar-refractivity contribution in [3.8, 4) is 5.69 Å². The van der Waals surface area contributed by atoms with Crippen LogP contribution < -0.4 is 5.32 Å². The van der Waals surface area contributed by atoms with Crippen molar-refractivity contribution in [2.75, 3.05) is 11.9 Å². The molecule has 22 heavy (non-hydrogen) atoms. The molecule has 1 aromatic carbocycles. The van der Waals surface area contributed by atoms with E-state index in [1.54, 1.807) is 16.8 Å². The first-order chi connectivity index (χ1) is 10.6. The van der Waals surface area contributed by atoms with Crippen molar-refractivity contribution in [2.24, 2.45) is 5.92 Å². The normalized spacial score (nSPS) is 11.3. The number of benzene rings is 1. The fourth-order valence-electron chi connectivity index (χ4n) is 2.34. The Labute approximate surface area is 128 Å². The zero-order chi connectivity index (χ0) is 15.7. The molecule has 0 bridgehead atoms. The summed E-state index contributed by atoms with van der Waals surface area (Å²) in [4.78, 5) is 8.64. The van der Waals surface area contributed by atoms with Crippen LogP contribution in [0.15, 0.2) is 30.6 Å². The lowest BCUT2D eigenvalue weighted by Gasteiger charge is -2.09. The molecule has 5 nitrogen and oxygen atoms in total. The van der Waals surface area contributed by atoms with Crippen molar-refractivity contribution in [3.05, 3.63) is 42.1 Å². The van der Waals surface area contributed by atoms with E-state index < -0.39 is 0 Å². The van der Waals surface area contributed by atoms with Crippen LogP contribution in [0.4, 0.5) is 10.2 Å². The van der Waals surface area contributed by atoms with Gasteiger partial charge in [-0.2, -0.15) is 5.10 Å². The van der Waals surface area contributed by atoms with Crippen LogP contribution in [-0.2, 0) is 0 Å². The number of halogens is 1. The smallest absolute Gasteiger partial charge is 0.168 e. The molecular weight excluding hydrogens is 281 g/mol. The lowest BCUT2D eigenvalue weighted by molar-refractivity contribution is 0.625. The Balaban J connectivity index is 2.13. The molecule has 0 amide bonds. The van der Waals surface area contributed by atoms with E-state index in [-0.39, 0.29) is 5.82 Å². The van der Waals surface area contributed by atoms with Crippen molar-refractivity contribution in [1.82, 2.24) is 19.7 Å². The third-order valence-electron chi connectivity index (χ3n) is 3.37. The molecule has 0 aliphatic heterocycles. The van der Waals surface area contributed by atoms with Crippen LogP contribution in [0.5, 0.6) is 0 Å². The van der Waals surface area contributed by atoms with Crippen molar-refractivity contribution in [1.29, 1.82) is 0 Å². The van der Waals surface area contributed by atoms with Gasteiger partial charge in [-0.3, -0.25) is 0 Å². The van der Waals surface area contributed by atoms with Gasteiger partial charge in [-0.1, -0.05) is 19.9 Å². The summed E-state index contributed by atoms with van der Waals surface area (Å²) < 4.78 is 15.1. The maximum Gasteiger partial charge on any atom is 0.168 e. The van der Waals surface area contributed by atoms with Gasteiger partial charge in [0.2, 0.25) is 0 Å². The highest BCUT2D eigenvalue weighted by molar-refractivity contribution is 5.90. The van der Waals surface area contributed by atoms with Crippen LogP contribution in [0.2, 0.25) is 0 Å². The zero-order valence-corrected chi connectivity index (χ0v) is 12.8. The van der Waals surface area contributed by atoms with Gasteiger partial charge < -0.3 is 5.32 Å². The number of nitrogens with zero attached hydrogens (tertiary/aromatic N) is 4. The van der Waals surface area contributed by atoms with Crippen LogP contribution in [0.1, 0.15) is 19.5 Å². The summed E-state index contributed by atoms with van der Waals surface area (Å²) in [6.45, 7) is 6.99. The molecule has 0 aliphatic rings. The minimum atomic E-state index is -0.300. The topological polar surface area (TPSA) is 55.6 Å². The number of anilines is 1. The highest BCUT2D eigenvalue weighted by Crippen LogP contribution is 2.25. The van der Waals surface area contributed by atoms with E-state index in [4.69, 9.17) is 0 Å². The molecule has 114 valence electrons. The predicted octanol–water partition coefficient (Wildman–Crippen LogP) is 3.33. The Hall–Kier alpha value is -2.50. The van der Waals surface area contributed by atoms with Crippen molar-refractivity contribution < 1.29 is 4.39 Å². The number of aryl methyl sites for hydroxylation is 1. The summed E-state index contributed by atoms with van der Waals surface area (Å²) in [6, 6.07) is 6.31. The molecule has 1 N–H and O–H groups in total. The standard InChI is InChI=1S/C16H18FN5/c1-10(2)8-18-15-14-11(3)21-22(16(14)20-9-19-15)13-6-4-5-12(17)7-13/h4-7,9-10H,8H2,1-3H3,(H,18,19,20). The number of fused-ring (bicyclic) bond motifs is 1. The summed E-state index contributed by atoms with van der Waals surface area (Å²) >= 11 is 0. The summed E-state index contributed by atoms with van der Waals surface area (Å²) in [5.41, 5.74) is 2.13. The molecule has 3 aromatic rings. The third-order valence-corrected chi connectivity index (χ3v) is 3.37. The molecule has 0 fully saturated rings. The molecular formula is C16H18FN5. The largest absolute Gasteiger partial charge is 0.369 e. The Morgan fingerprint density at radius 1 is 1.27 bits per heavy atom. The van der Waals surface area contributed by atoms with Gasteiger partial charge in [0, 0.05) is 6.54 Å². The van der Waals surface area contributed by atoms with E-state index >= 15 is 0 Å². The molecule has 0 spiro atoms. The van der Waals surface area contributed by atoms with E-state index in [9.17, 15) is 4.39 Å². The molecule has 0 unspecified atom stereocenters. The Morgan fingerprint density at radius 2 is 2.09 bits per heavy atom. The van der Waals surface area contributed by atoms with Gasteiger partial charge >= 0.3 is 0 Å². The van der Waals surface area contributed by atoms with E-state index in [0.717, 1.165) is 23.4 Å². The Morgan fingerprint density at radius 3 is 2.82 bits per heavy atom. The quantitative estimate of drug-likeness (QED) is 0.803. The molecule has 6 heteroatoms. The van der Waals surface area contributed by atoms with E-state index in [2.05, 4.69) is 34.2 Å². The van der Waals surface area contributed by atoms with Crippen LogP contribution in [0.25, 0.3) is 16.7 Å². The van der Waals surface area contributed by atoms with Gasteiger partial charge in [-0.25, -0.2) is 19.0 Å². The first-order valence-electron chi connectivity index (χ1n) is 7.26. The van der Waals surface area contributed by atoms with E-state index in [1.807, 2.05) is 6.92 Å². The van der Waals surface area contributed by atoms with Crippen LogP contribution in [0.3, 0.4) is 0 Å². The fraction of sp³-hybridized carbons (Fsp3) is 0.312. The Kier molecular flexibility index (Phi) is 3.75. The van der Waals surface area contributed by atoms with Crippen LogP contribution in [-0.4, -0.2) is 26.3 Å². The fourth-order valence-corrected chi connectivity index (χ4v) is 2.34. The highest BCUT2D eigenvalue weighted by Gasteiger charge is 2.15. The lowest BCUT2D eigenvalue weighted by atomic mass is 10.2. The number of hydrogen-bond acceptors (Lipinski definition) is 4. The second kappa shape index (κ2) is 5.71. The molecule has 0 atom stereocenters. The first kappa shape index (κ1) is 14.4. The van der Waals surface area contributed by atoms with Gasteiger partial charge in [-0.05, 0) is 31.0 Å².